The van der Waals surface area contributed by atoms with E-state index in [9.17, 15) is 4.79 Å². The van der Waals surface area contributed by atoms with Crippen molar-refractivity contribution < 1.29 is 14.0 Å². The van der Waals surface area contributed by atoms with Gasteiger partial charge < -0.3 is 14.5 Å². The number of hydrogen-bond acceptors (Lipinski definition) is 4. The minimum atomic E-state index is -1.79. The lowest BCUT2D eigenvalue weighted by molar-refractivity contribution is -0.145. The molecule has 0 unspecified atom stereocenters. The van der Waals surface area contributed by atoms with E-state index in [1.54, 1.807) is 0 Å². The van der Waals surface area contributed by atoms with Gasteiger partial charge in [-0.15, -0.1) is 0 Å². The van der Waals surface area contributed by atoms with Crippen LogP contribution in [0.3, 0.4) is 0 Å². The number of rotatable bonds is 5. The van der Waals surface area contributed by atoms with Gasteiger partial charge in [-0.2, -0.15) is 0 Å². The summed E-state index contributed by atoms with van der Waals surface area (Å²) in [5.74, 6) is 0.932. The highest BCUT2D eigenvalue weighted by Crippen LogP contribution is 2.43. The van der Waals surface area contributed by atoms with E-state index in [2.05, 4.69) is 46.1 Å². The minimum absolute atomic E-state index is 0.0337. The molecule has 0 aromatic heterocycles. The molecule has 4 nitrogen and oxygen atoms in total. The summed E-state index contributed by atoms with van der Waals surface area (Å²) in [4.78, 5) is 12.0. The van der Waals surface area contributed by atoms with Gasteiger partial charge >= 0.3 is 5.97 Å². The zero-order valence-corrected chi connectivity index (χ0v) is 18.4. The van der Waals surface area contributed by atoms with Crippen molar-refractivity contribution in [3.63, 3.8) is 0 Å². The van der Waals surface area contributed by atoms with Crippen LogP contribution >= 0.6 is 0 Å². The number of hydrogen-bond donors (Lipinski definition) is 1. The van der Waals surface area contributed by atoms with Crippen molar-refractivity contribution >= 4 is 14.3 Å². The number of fused-ring (bicyclic) bond motifs is 1. The maximum atomic E-state index is 12.0. The molecule has 2 fully saturated rings. The molecule has 2 rings (SSSR count). The van der Waals surface area contributed by atoms with Gasteiger partial charge in [0.05, 0.1) is 12.7 Å². The summed E-state index contributed by atoms with van der Waals surface area (Å²) in [6, 6.07) is 0.916. The van der Waals surface area contributed by atoms with E-state index in [4.69, 9.17) is 9.16 Å². The fraction of sp³-hybridized carbons (Fsp3) is 0.950. The Morgan fingerprint density at radius 3 is 2.52 bits per heavy atom. The number of piperidine rings is 1. The van der Waals surface area contributed by atoms with Crippen LogP contribution in [0.2, 0.25) is 18.1 Å². The second-order valence-electron chi connectivity index (χ2n) is 9.58. The van der Waals surface area contributed by atoms with Gasteiger partial charge in [-0.25, -0.2) is 0 Å². The zero-order chi connectivity index (χ0) is 18.8. The van der Waals surface area contributed by atoms with Gasteiger partial charge in [-0.3, -0.25) is 4.79 Å². The number of carbonyl (C=O) groups is 1. The zero-order valence-electron chi connectivity index (χ0n) is 17.4. The summed E-state index contributed by atoms with van der Waals surface area (Å²) in [6.07, 6.45) is 5.47. The number of carbonyl (C=O) groups excluding carboxylic acids is 1. The van der Waals surface area contributed by atoms with E-state index in [0.29, 0.717) is 36.9 Å². The molecular weight excluding hydrogens is 330 g/mol. The third-order valence-corrected chi connectivity index (χ3v) is 11.2. The molecule has 5 heteroatoms. The highest BCUT2D eigenvalue weighted by Gasteiger charge is 2.46. The molecule has 1 saturated carbocycles. The monoisotopic (exact) mass is 369 g/mol. The molecule has 2 aliphatic rings. The molecule has 1 aliphatic carbocycles. The van der Waals surface area contributed by atoms with Gasteiger partial charge in [0.2, 0.25) is 0 Å². The molecule has 1 saturated heterocycles. The second-order valence-corrected chi connectivity index (χ2v) is 14.3. The smallest absolute Gasteiger partial charge is 0.306 e. The highest BCUT2D eigenvalue weighted by molar-refractivity contribution is 6.74. The van der Waals surface area contributed by atoms with Gasteiger partial charge in [0, 0.05) is 18.5 Å². The average Bonchev–Trinajstić information content (AvgIpc) is 2.47. The Bertz CT molecular complexity index is 460. The standard InChI is InChI=1S/C20H39NO3Si/c1-8-23-19(22)12-15-10-9-11-17-16(15)13-18(14(2)21-17)24-25(6,7)20(3,4)5/h14-18,21H,8-13H2,1-7H3/t14-,15+,16-,17+,18+/m0/s1. The van der Waals surface area contributed by atoms with Gasteiger partial charge in [-0.05, 0) is 63.1 Å². The van der Waals surface area contributed by atoms with Crippen molar-refractivity contribution in [2.75, 3.05) is 6.61 Å². The van der Waals surface area contributed by atoms with Gasteiger partial charge in [0.1, 0.15) is 0 Å². The van der Waals surface area contributed by atoms with Crippen molar-refractivity contribution in [1.82, 2.24) is 5.32 Å². The molecule has 25 heavy (non-hydrogen) atoms. The third kappa shape index (κ3) is 5.07. The van der Waals surface area contributed by atoms with Gasteiger partial charge in [0.25, 0.3) is 0 Å². The average molecular weight is 370 g/mol. The topological polar surface area (TPSA) is 47.6 Å². The largest absolute Gasteiger partial charge is 0.466 e. The van der Waals surface area contributed by atoms with Crippen LogP contribution in [-0.2, 0) is 14.0 Å². The molecule has 0 bridgehead atoms. The molecule has 0 radical (unpaired) electrons. The van der Waals surface area contributed by atoms with Crippen molar-refractivity contribution in [2.45, 2.75) is 103 Å². The molecule has 5 atom stereocenters. The van der Waals surface area contributed by atoms with Crippen LogP contribution in [0.1, 0.15) is 66.7 Å². The maximum absolute atomic E-state index is 12.0. The number of esters is 1. The summed E-state index contributed by atoms with van der Waals surface area (Å²) in [7, 11) is -1.79. The van der Waals surface area contributed by atoms with Crippen molar-refractivity contribution in [3.05, 3.63) is 0 Å². The first-order valence-electron chi connectivity index (χ1n) is 10.1. The molecular formula is C20H39NO3Si. The van der Waals surface area contributed by atoms with Crippen LogP contribution in [0.4, 0.5) is 0 Å². The normalized spacial score (nSPS) is 33.6. The highest BCUT2D eigenvalue weighted by atomic mass is 28.4. The molecule has 0 amide bonds. The first kappa shape index (κ1) is 20.9. The van der Waals surface area contributed by atoms with Crippen LogP contribution in [0.25, 0.3) is 0 Å². The Morgan fingerprint density at radius 1 is 1.24 bits per heavy atom. The Morgan fingerprint density at radius 2 is 1.92 bits per heavy atom. The van der Waals surface area contributed by atoms with Crippen LogP contribution < -0.4 is 5.32 Å². The van der Waals surface area contributed by atoms with Crippen LogP contribution in [0.15, 0.2) is 0 Å². The van der Waals surface area contributed by atoms with E-state index >= 15 is 0 Å². The van der Waals surface area contributed by atoms with Crippen LogP contribution in [-0.4, -0.2) is 39.1 Å². The maximum Gasteiger partial charge on any atom is 0.306 e. The molecule has 0 aromatic rings. The first-order valence-corrected chi connectivity index (χ1v) is 13.1. The SMILES string of the molecule is CCOC(=O)C[C@H]1CCC[C@H]2N[C@@H](C)[C@H](O[Si](C)(C)C(C)(C)C)C[C@@H]12. The molecule has 0 aromatic carbocycles. The summed E-state index contributed by atoms with van der Waals surface area (Å²) in [6.45, 7) is 16.2. The molecule has 0 spiro atoms. The minimum Gasteiger partial charge on any atom is -0.466 e. The molecule has 146 valence electrons. The van der Waals surface area contributed by atoms with E-state index in [1.807, 2.05) is 6.92 Å². The second kappa shape index (κ2) is 8.09. The number of nitrogens with one attached hydrogen (secondary N) is 1. The quantitative estimate of drug-likeness (QED) is 0.573. The predicted molar refractivity (Wildman–Crippen MR) is 105 cm³/mol. The summed E-state index contributed by atoms with van der Waals surface area (Å²) >= 11 is 0. The third-order valence-electron chi connectivity index (χ3n) is 6.74. The lowest BCUT2D eigenvalue weighted by Gasteiger charge is -2.50. The predicted octanol–water partition coefficient (Wildman–Crippen LogP) is 4.50. The lowest BCUT2D eigenvalue weighted by atomic mass is 9.69. The van der Waals surface area contributed by atoms with Gasteiger partial charge in [0.15, 0.2) is 8.32 Å². The van der Waals surface area contributed by atoms with Gasteiger partial charge in [-0.1, -0.05) is 27.2 Å². The Labute approximate surface area is 155 Å². The summed E-state index contributed by atoms with van der Waals surface area (Å²) < 4.78 is 12.0. The van der Waals surface area contributed by atoms with E-state index in [-0.39, 0.29) is 17.1 Å². The molecule has 1 aliphatic heterocycles. The molecule has 1 heterocycles. The first-order chi connectivity index (χ1) is 11.5. The van der Waals surface area contributed by atoms with E-state index in [1.165, 1.54) is 12.8 Å². The van der Waals surface area contributed by atoms with Crippen molar-refractivity contribution in [2.24, 2.45) is 11.8 Å². The summed E-state index contributed by atoms with van der Waals surface area (Å²) in [5, 5.41) is 4.05. The Hall–Kier alpha value is -0.393. The van der Waals surface area contributed by atoms with Crippen molar-refractivity contribution in [3.8, 4) is 0 Å². The lowest BCUT2D eigenvalue weighted by Crippen LogP contribution is -2.60. The fourth-order valence-electron chi connectivity index (χ4n) is 4.23. The number of ether oxygens (including phenoxy) is 1. The van der Waals surface area contributed by atoms with E-state index in [0.717, 1.165) is 12.8 Å². The van der Waals surface area contributed by atoms with E-state index < -0.39 is 8.32 Å². The molecule has 1 N–H and O–H groups in total. The Kier molecular flexibility index (Phi) is 6.77. The van der Waals surface area contributed by atoms with Crippen LogP contribution in [0.5, 0.6) is 0 Å². The van der Waals surface area contributed by atoms with Crippen molar-refractivity contribution in [1.29, 1.82) is 0 Å². The summed E-state index contributed by atoms with van der Waals surface area (Å²) in [5.41, 5.74) is 0. The fourth-order valence-corrected chi connectivity index (χ4v) is 5.64. The Balaban J connectivity index is 2.07. The van der Waals surface area contributed by atoms with Crippen LogP contribution in [0, 0.1) is 11.8 Å².